The molecule has 2 aliphatic heterocycles. The van der Waals surface area contributed by atoms with Gasteiger partial charge in [0.05, 0.1) is 23.6 Å². The second-order valence-corrected chi connectivity index (χ2v) is 6.90. The van der Waals surface area contributed by atoms with Crippen molar-refractivity contribution in [1.82, 2.24) is 4.90 Å². The Labute approximate surface area is 147 Å². The summed E-state index contributed by atoms with van der Waals surface area (Å²) in [4.78, 5) is 38.9. The van der Waals surface area contributed by atoms with E-state index in [4.69, 9.17) is 0 Å². The van der Waals surface area contributed by atoms with Gasteiger partial charge in [-0.25, -0.2) is 0 Å². The molecule has 0 radical (unpaired) electrons. The molecule has 1 aliphatic carbocycles. The Bertz CT molecular complexity index is 890. The normalized spacial score (nSPS) is 27.7. The third kappa shape index (κ3) is 2.01. The van der Waals surface area contributed by atoms with E-state index >= 15 is 0 Å². The van der Waals surface area contributed by atoms with E-state index in [1.165, 1.54) is 13.1 Å². The van der Waals surface area contributed by atoms with Gasteiger partial charge < -0.3 is 0 Å². The van der Waals surface area contributed by atoms with E-state index < -0.39 is 41.8 Å². The lowest BCUT2D eigenvalue weighted by molar-refractivity contribution is -0.171. The number of hydrogen-bond acceptors (Lipinski definition) is 3. The van der Waals surface area contributed by atoms with Crippen LogP contribution in [0.4, 0.5) is 18.9 Å². The summed E-state index contributed by atoms with van der Waals surface area (Å²) < 4.78 is 39.8. The predicted molar refractivity (Wildman–Crippen MR) is 85.7 cm³/mol. The molecular weight excluding hydrogens is 349 g/mol. The molecule has 0 bridgehead atoms. The van der Waals surface area contributed by atoms with Gasteiger partial charge in [-0.15, -0.1) is 0 Å². The van der Waals surface area contributed by atoms with Gasteiger partial charge >= 0.3 is 12.1 Å². The predicted octanol–water partition coefficient (Wildman–Crippen LogP) is 2.37. The van der Waals surface area contributed by atoms with E-state index in [0.29, 0.717) is 22.5 Å². The fourth-order valence-corrected chi connectivity index (χ4v) is 4.46. The number of imide groups is 1. The molecule has 136 valence electrons. The number of halogens is 3. The molecule has 3 atom stereocenters. The van der Waals surface area contributed by atoms with Crippen LogP contribution >= 0.6 is 0 Å². The minimum absolute atomic E-state index is 0.129. The highest BCUT2D eigenvalue weighted by Gasteiger charge is 2.60. The Kier molecular flexibility index (Phi) is 3.35. The van der Waals surface area contributed by atoms with Crippen LogP contribution in [0, 0.1) is 11.8 Å². The number of nitrogens with zero attached hydrogens (tertiary/aromatic N) is 2. The molecule has 0 spiro atoms. The fourth-order valence-electron chi connectivity index (χ4n) is 4.46. The number of anilines is 1. The maximum Gasteiger partial charge on any atom is 0.471 e. The summed E-state index contributed by atoms with van der Waals surface area (Å²) in [7, 11) is 1.33. The summed E-state index contributed by atoms with van der Waals surface area (Å²) in [5.74, 6) is -4.70. The molecule has 2 heterocycles. The van der Waals surface area contributed by atoms with Crippen LogP contribution in [0.25, 0.3) is 5.57 Å². The fraction of sp³-hybridized carbons (Fsp3) is 0.389. The molecule has 5 nitrogen and oxygen atoms in total. The number of carbonyl (C=O) groups is 3. The number of benzene rings is 1. The van der Waals surface area contributed by atoms with Crippen molar-refractivity contribution in [2.75, 3.05) is 11.9 Å². The minimum atomic E-state index is -5.08. The van der Waals surface area contributed by atoms with Crippen molar-refractivity contribution in [2.24, 2.45) is 11.8 Å². The van der Waals surface area contributed by atoms with Crippen LogP contribution in [-0.4, -0.2) is 41.9 Å². The van der Waals surface area contributed by atoms with Crippen molar-refractivity contribution in [3.63, 3.8) is 0 Å². The topological polar surface area (TPSA) is 57.7 Å². The Hall–Kier alpha value is -2.64. The van der Waals surface area contributed by atoms with Gasteiger partial charge in [0.2, 0.25) is 11.8 Å². The highest BCUT2D eigenvalue weighted by atomic mass is 19.4. The van der Waals surface area contributed by atoms with Crippen molar-refractivity contribution < 1.29 is 27.6 Å². The highest BCUT2D eigenvalue weighted by molar-refractivity contribution is 6.13. The smallest absolute Gasteiger partial charge is 0.296 e. The van der Waals surface area contributed by atoms with Gasteiger partial charge in [-0.05, 0) is 25.0 Å². The van der Waals surface area contributed by atoms with E-state index in [-0.39, 0.29) is 5.69 Å². The number of carbonyl (C=O) groups excluding carboxylic acids is 3. The van der Waals surface area contributed by atoms with Crippen LogP contribution in [0.1, 0.15) is 18.9 Å². The molecular formula is C18H15F3N2O3. The summed E-state index contributed by atoms with van der Waals surface area (Å²) in [5.41, 5.74) is 1.93. The number of para-hydroxylation sites is 1. The van der Waals surface area contributed by atoms with Gasteiger partial charge in [-0.2, -0.15) is 13.2 Å². The van der Waals surface area contributed by atoms with Crippen LogP contribution in [0.3, 0.4) is 0 Å². The first-order chi connectivity index (χ1) is 12.1. The Balaban J connectivity index is 1.95. The maximum atomic E-state index is 13.3. The average Bonchev–Trinajstić information content (AvgIpc) is 3.02. The summed E-state index contributed by atoms with van der Waals surface area (Å²) in [6.45, 7) is 1.74. The molecule has 1 unspecified atom stereocenters. The van der Waals surface area contributed by atoms with Crippen LogP contribution in [-0.2, 0) is 14.4 Å². The molecule has 1 fully saturated rings. The van der Waals surface area contributed by atoms with Crippen molar-refractivity contribution in [3.05, 3.63) is 35.4 Å². The minimum Gasteiger partial charge on any atom is -0.296 e. The van der Waals surface area contributed by atoms with Crippen LogP contribution in [0.15, 0.2) is 29.8 Å². The van der Waals surface area contributed by atoms with Gasteiger partial charge in [0.25, 0.3) is 0 Å². The SMILES string of the molecule is CC1=C2c3ccccc3N(C(=O)C(F)(F)F)C2[C@H]2C(=O)N(C)C(=O)[C@H]2C1. The van der Waals surface area contributed by atoms with E-state index in [1.54, 1.807) is 25.1 Å². The molecule has 0 aromatic heterocycles. The standard InChI is InChI=1S/C18H15F3N2O3/c1-8-7-10-13(16(25)22(2)15(10)24)14-12(8)9-5-3-4-6-11(9)23(14)17(26)18(19,20)21/h3-6,10,13-14H,7H2,1-2H3/t10-,13-,14?/m0/s1. The molecule has 1 aromatic rings. The van der Waals surface area contributed by atoms with Gasteiger partial charge in [-0.1, -0.05) is 23.8 Å². The van der Waals surface area contributed by atoms with E-state index in [2.05, 4.69) is 0 Å². The third-order valence-electron chi connectivity index (χ3n) is 5.51. The zero-order valence-corrected chi connectivity index (χ0v) is 14.0. The largest absolute Gasteiger partial charge is 0.471 e. The second-order valence-electron chi connectivity index (χ2n) is 6.90. The number of likely N-dealkylation sites (tertiary alicyclic amines) is 1. The molecule has 4 rings (SSSR count). The molecule has 8 heteroatoms. The number of allylic oxidation sites excluding steroid dienone is 1. The third-order valence-corrected chi connectivity index (χ3v) is 5.51. The Morgan fingerprint density at radius 3 is 2.46 bits per heavy atom. The number of amides is 3. The maximum absolute atomic E-state index is 13.3. The number of fused-ring (bicyclic) bond motifs is 5. The Morgan fingerprint density at radius 1 is 1.15 bits per heavy atom. The summed E-state index contributed by atoms with van der Waals surface area (Å²) in [5, 5.41) is 0. The van der Waals surface area contributed by atoms with Gasteiger partial charge in [-0.3, -0.25) is 24.2 Å². The molecule has 3 amide bonds. The van der Waals surface area contributed by atoms with Crippen LogP contribution in [0.5, 0.6) is 0 Å². The van der Waals surface area contributed by atoms with Crippen molar-refractivity contribution in [1.29, 1.82) is 0 Å². The number of rotatable bonds is 0. The van der Waals surface area contributed by atoms with Gasteiger partial charge in [0.15, 0.2) is 0 Å². The highest BCUT2D eigenvalue weighted by Crippen LogP contribution is 2.53. The lowest BCUT2D eigenvalue weighted by atomic mass is 9.73. The zero-order valence-electron chi connectivity index (χ0n) is 14.0. The van der Waals surface area contributed by atoms with Crippen LogP contribution < -0.4 is 4.90 Å². The first-order valence-electron chi connectivity index (χ1n) is 8.15. The molecule has 3 aliphatic rings. The lowest BCUT2D eigenvalue weighted by Gasteiger charge is -2.35. The monoisotopic (exact) mass is 364 g/mol. The molecule has 26 heavy (non-hydrogen) atoms. The van der Waals surface area contributed by atoms with Crippen LogP contribution in [0.2, 0.25) is 0 Å². The van der Waals surface area contributed by atoms with Crippen molar-refractivity contribution in [2.45, 2.75) is 25.6 Å². The van der Waals surface area contributed by atoms with Gasteiger partial charge in [0, 0.05) is 12.6 Å². The summed E-state index contributed by atoms with van der Waals surface area (Å²) in [6.07, 6.45) is -4.78. The van der Waals surface area contributed by atoms with E-state index in [1.807, 2.05) is 0 Å². The molecule has 1 saturated heterocycles. The quantitative estimate of drug-likeness (QED) is 0.664. The second kappa shape index (κ2) is 5.18. The number of hydrogen-bond donors (Lipinski definition) is 0. The lowest BCUT2D eigenvalue weighted by Crippen LogP contribution is -2.51. The summed E-state index contributed by atoms with van der Waals surface area (Å²) in [6, 6.07) is 5.21. The van der Waals surface area contributed by atoms with E-state index in [0.717, 1.165) is 10.5 Å². The zero-order chi connectivity index (χ0) is 19.0. The summed E-state index contributed by atoms with van der Waals surface area (Å²) >= 11 is 0. The van der Waals surface area contributed by atoms with Crippen molar-refractivity contribution >= 4 is 29.0 Å². The first kappa shape index (κ1) is 16.8. The average molecular weight is 364 g/mol. The number of alkyl halides is 3. The molecule has 0 N–H and O–H groups in total. The molecule has 1 aromatic carbocycles. The van der Waals surface area contributed by atoms with Crippen molar-refractivity contribution in [3.8, 4) is 0 Å². The first-order valence-corrected chi connectivity index (χ1v) is 8.15. The Morgan fingerprint density at radius 2 is 1.81 bits per heavy atom. The van der Waals surface area contributed by atoms with Gasteiger partial charge in [0.1, 0.15) is 0 Å². The van der Waals surface area contributed by atoms with E-state index in [9.17, 15) is 27.6 Å². The molecule has 0 saturated carbocycles.